The molecule has 3 aromatic carbocycles. The number of hydrogen-bond acceptors (Lipinski definition) is 5. The summed E-state index contributed by atoms with van der Waals surface area (Å²) in [6.45, 7) is -0.0658. The molecule has 0 aliphatic carbocycles. The molecule has 0 aromatic heterocycles. The minimum Gasteiger partial charge on any atom is -0.635 e. The van der Waals surface area contributed by atoms with E-state index in [9.17, 15) is 28.8 Å². The third-order valence-electron chi connectivity index (χ3n) is 7.04. The van der Waals surface area contributed by atoms with E-state index in [0.717, 1.165) is 12.1 Å². The zero-order valence-electron chi connectivity index (χ0n) is 21.3. The van der Waals surface area contributed by atoms with Gasteiger partial charge in [-0.15, -0.1) is 0 Å². The average molecular weight is 637 g/mol. The molecule has 1 saturated heterocycles. The van der Waals surface area contributed by atoms with Crippen LogP contribution in [0.3, 0.4) is 0 Å². The molecule has 1 fully saturated rings. The molecule has 198 valence electrons. The number of rotatable bonds is 5. The van der Waals surface area contributed by atoms with Crippen LogP contribution < -0.4 is 10.6 Å². The zero-order valence-corrected chi connectivity index (χ0v) is 25.4. The van der Waals surface area contributed by atoms with E-state index in [-0.39, 0.29) is 58.3 Å². The number of anilines is 2. The molecule has 2 aliphatic rings. The Kier molecular flexibility index (Phi) is 8.63. The van der Waals surface area contributed by atoms with E-state index in [1.54, 1.807) is 54.6 Å². The molecule has 0 bridgehead atoms. The van der Waals surface area contributed by atoms with E-state index in [0.29, 0.717) is 16.8 Å². The van der Waals surface area contributed by atoms with E-state index in [1.165, 1.54) is 17.0 Å². The van der Waals surface area contributed by atoms with Crippen LogP contribution in [-0.2, 0) is 58.3 Å². The molecule has 3 atom stereocenters. The number of likely N-dealkylation sites (tertiary alicyclic amines) is 1. The molecule has 40 heavy (non-hydrogen) atoms. The van der Waals surface area contributed by atoms with E-state index in [4.69, 9.17) is 0 Å². The molecular weight excluding hydrogens is 614 g/mol. The first-order valence-corrected chi connectivity index (χ1v) is 12.3. The molecule has 5 rings (SSSR count). The summed E-state index contributed by atoms with van der Waals surface area (Å²) in [5.74, 6) is -3.73. The van der Waals surface area contributed by atoms with Crippen LogP contribution in [0.1, 0.15) is 17.5 Å². The topological polar surface area (TPSA) is 133 Å². The van der Waals surface area contributed by atoms with Gasteiger partial charge in [0.1, 0.15) is 17.8 Å². The van der Waals surface area contributed by atoms with Gasteiger partial charge in [-0.2, -0.15) is 5.26 Å². The number of benzene rings is 3. The van der Waals surface area contributed by atoms with Gasteiger partial charge in [-0.05, 0) is 53.9 Å². The first-order chi connectivity index (χ1) is 18.8. The Morgan fingerprint density at radius 1 is 1.07 bits per heavy atom. The summed E-state index contributed by atoms with van der Waals surface area (Å²) in [6.07, 6.45) is 0.0921. The number of hydrogen-bond donors (Lipinski definition) is 2. The molecule has 2 N–H and O–H groups in total. The van der Waals surface area contributed by atoms with Gasteiger partial charge in [-0.3, -0.25) is 14.4 Å². The first kappa shape index (κ1) is 28.9. The second-order valence-electron chi connectivity index (χ2n) is 9.50. The maximum absolute atomic E-state index is 13.9. The Hall–Kier alpha value is -4.12. The predicted octanol–water partition coefficient (Wildman–Crippen LogP) is 3.29. The fraction of sp³-hybridized carbons (Fsp3) is 0.207. The van der Waals surface area contributed by atoms with Crippen LogP contribution in [0.5, 0.6) is 0 Å². The normalized spacial score (nSPS) is 19.6. The fourth-order valence-corrected chi connectivity index (χ4v) is 5.12. The predicted molar refractivity (Wildman–Crippen MR) is 140 cm³/mol. The third kappa shape index (κ3) is 5.60. The van der Waals surface area contributed by atoms with Crippen molar-refractivity contribution in [1.29, 1.82) is 5.26 Å². The summed E-state index contributed by atoms with van der Waals surface area (Å²) < 4.78 is 13.2. The van der Waals surface area contributed by atoms with Gasteiger partial charge in [0.05, 0.1) is 11.5 Å². The molecule has 11 heteroatoms. The van der Waals surface area contributed by atoms with Crippen molar-refractivity contribution in [2.75, 3.05) is 17.2 Å². The van der Waals surface area contributed by atoms with Crippen molar-refractivity contribution in [2.24, 2.45) is 0 Å². The van der Waals surface area contributed by atoms with Gasteiger partial charge in [-0.1, -0.05) is 48.5 Å². The van der Waals surface area contributed by atoms with Crippen LogP contribution in [0.2, 0.25) is 0 Å². The van der Waals surface area contributed by atoms with E-state index in [2.05, 4.69) is 22.0 Å². The summed E-state index contributed by atoms with van der Waals surface area (Å²) in [4.78, 5) is 53.6. The van der Waals surface area contributed by atoms with E-state index >= 15 is 0 Å². The number of nitrogens with one attached hydrogen (secondary N) is 2. The Balaban J connectivity index is 0.00000370. The fourth-order valence-electron chi connectivity index (χ4n) is 5.12. The van der Waals surface area contributed by atoms with Crippen LogP contribution in [0.25, 0.3) is 5.32 Å². The first-order valence-electron chi connectivity index (χ1n) is 12.3. The van der Waals surface area contributed by atoms with Crippen molar-refractivity contribution in [3.63, 3.8) is 0 Å². The maximum atomic E-state index is 13.9. The summed E-state index contributed by atoms with van der Waals surface area (Å²) in [7, 11) is 0. The van der Waals surface area contributed by atoms with Gasteiger partial charge in [0, 0.05) is 51.6 Å². The van der Waals surface area contributed by atoms with E-state index in [1.807, 2.05) is 0 Å². The number of carbonyl (C=O) groups is 4. The maximum Gasteiger partial charge on any atom is 0.273 e. The van der Waals surface area contributed by atoms with Crippen LogP contribution in [-0.4, -0.2) is 47.2 Å². The largest absolute Gasteiger partial charge is 0.635 e. The molecule has 4 amide bonds. The minimum absolute atomic E-state index is 0. The Morgan fingerprint density at radius 3 is 2.45 bits per heavy atom. The Labute approximate surface area is 249 Å². The van der Waals surface area contributed by atoms with Crippen LogP contribution in [0.4, 0.5) is 15.8 Å². The van der Waals surface area contributed by atoms with Gasteiger partial charge in [0.15, 0.2) is 0 Å². The molecular formula is C29H23CdFN5O4-. The minimum atomic E-state index is -1.32. The van der Waals surface area contributed by atoms with Crippen molar-refractivity contribution in [3.05, 3.63) is 101 Å². The molecule has 9 nitrogen and oxygen atoms in total. The van der Waals surface area contributed by atoms with Gasteiger partial charge >= 0.3 is 0 Å². The number of fused-ring (bicyclic) bond motifs is 2. The second-order valence-corrected chi connectivity index (χ2v) is 9.50. The molecule has 1 spiro atoms. The summed E-state index contributed by atoms with van der Waals surface area (Å²) in [5.41, 5.74) is 1.11. The Morgan fingerprint density at radius 2 is 1.75 bits per heavy atom. The number of nitriles is 1. The molecule has 0 saturated carbocycles. The monoisotopic (exact) mass is 638 g/mol. The molecule has 0 radical (unpaired) electrons. The third-order valence-corrected chi connectivity index (χ3v) is 7.04. The summed E-state index contributed by atoms with van der Waals surface area (Å²) >= 11 is 0. The van der Waals surface area contributed by atoms with Crippen LogP contribution in [0, 0.1) is 17.1 Å². The molecule has 2 aliphatic heterocycles. The molecule has 3 aromatic rings. The van der Waals surface area contributed by atoms with Crippen LogP contribution >= 0.6 is 0 Å². The quantitative estimate of drug-likeness (QED) is 0.328. The smallest absolute Gasteiger partial charge is 0.273 e. The summed E-state index contributed by atoms with van der Waals surface area (Å²) in [6, 6.07) is 20.7. The van der Waals surface area contributed by atoms with E-state index < -0.39 is 41.0 Å². The van der Waals surface area contributed by atoms with Gasteiger partial charge in [0.2, 0.25) is 11.8 Å². The summed E-state index contributed by atoms with van der Waals surface area (Å²) in [5, 5.41) is 19.1. The van der Waals surface area contributed by atoms with Crippen molar-refractivity contribution in [3.8, 4) is 6.07 Å². The van der Waals surface area contributed by atoms with Crippen molar-refractivity contribution < 1.29 is 50.9 Å². The number of carbonyl (C=O) groups excluding carboxylic acids is 4. The number of para-hydroxylation sites is 1. The number of halogens is 1. The second kappa shape index (κ2) is 12.0. The van der Waals surface area contributed by atoms with Gasteiger partial charge < -0.3 is 25.6 Å². The molecule has 2 heterocycles. The van der Waals surface area contributed by atoms with Crippen molar-refractivity contribution in [2.45, 2.75) is 30.3 Å². The van der Waals surface area contributed by atoms with Gasteiger partial charge in [-0.25, -0.2) is 4.39 Å². The van der Waals surface area contributed by atoms with Crippen LogP contribution in [0.15, 0.2) is 78.9 Å². The molecule has 0 unspecified atom stereocenters. The zero-order chi connectivity index (χ0) is 27.6. The SMILES string of the molecule is N#C[C@@H]1C[C@@]2(CN1C(=O)[C@H](Cc1ccccc1)[N-]C(=O)C(=O)Nc1ccc(F)cc1)C(=O)Nc1ccccc12.[Cd]. The standard InChI is InChI=1S/C29H24FN5O4.Cd/c30-19-10-12-20(13-11-19)32-25(36)26(37)33-24(14-18-6-2-1-3-7-18)27(38)35-17-29(15-21(35)16-31)22-8-4-5-9-23(22)34-28(29)39;/h1-13,21,24H,14-15,17H2,(H3,32,33,34,36,37,39);/p-1/t21-,24-,29-;/m0./s1. The van der Waals surface area contributed by atoms with Crippen molar-refractivity contribution >= 4 is 35.0 Å². The number of amides is 4. The Bertz CT molecular complexity index is 1490. The number of nitrogens with zero attached hydrogens (tertiary/aromatic N) is 3. The van der Waals surface area contributed by atoms with Crippen molar-refractivity contribution in [1.82, 2.24) is 4.90 Å². The average Bonchev–Trinajstić information content (AvgIpc) is 3.47. The van der Waals surface area contributed by atoms with Gasteiger partial charge in [0.25, 0.3) is 5.91 Å².